The Balaban J connectivity index is 2.65. The van der Waals surface area contributed by atoms with Gasteiger partial charge in [-0.1, -0.05) is 12.1 Å². The summed E-state index contributed by atoms with van der Waals surface area (Å²) in [6.45, 7) is 5.20. The van der Waals surface area contributed by atoms with Crippen molar-refractivity contribution in [1.29, 1.82) is 0 Å². The Hall–Kier alpha value is -2.70. The van der Waals surface area contributed by atoms with Crippen LogP contribution in [0.5, 0.6) is 0 Å². The number of nitrogens with zero attached hydrogens (tertiary/aromatic N) is 1. The number of benzene rings is 1. The van der Waals surface area contributed by atoms with Crippen molar-refractivity contribution < 1.29 is 23.1 Å². The maximum Gasteiger partial charge on any atom is 0.337 e. The van der Waals surface area contributed by atoms with E-state index in [0.717, 1.165) is 19.2 Å². The molecular weight excluding hydrogens is 306 g/mol. The second-order valence-electron chi connectivity index (χ2n) is 4.91. The summed E-state index contributed by atoms with van der Waals surface area (Å²) in [5, 5.41) is 2.45. The van der Waals surface area contributed by atoms with Crippen LogP contribution in [-0.2, 0) is 9.53 Å². The van der Waals surface area contributed by atoms with Crippen molar-refractivity contribution in [2.24, 2.45) is 0 Å². The lowest BCUT2D eigenvalue weighted by Gasteiger charge is -2.34. The molecule has 0 saturated carbocycles. The molecule has 0 aromatic heterocycles. The van der Waals surface area contributed by atoms with E-state index >= 15 is 0 Å². The van der Waals surface area contributed by atoms with Crippen LogP contribution in [0.15, 0.2) is 42.1 Å². The quantitative estimate of drug-likeness (QED) is 0.685. The molecule has 2 rings (SSSR count). The number of ether oxygens (including phenoxy) is 1. The largest absolute Gasteiger partial charge is 0.466 e. The van der Waals surface area contributed by atoms with Gasteiger partial charge in [0.2, 0.25) is 0 Å². The van der Waals surface area contributed by atoms with Crippen LogP contribution in [0.2, 0.25) is 0 Å². The third-order valence-corrected chi connectivity index (χ3v) is 3.60. The molecule has 1 N–H and O–H groups in total. The van der Waals surface area contributed by atoms with Gasteiger partial charge in [0.05, 0.1) is 24.3 Å². The fourth-order valence-electron chi connectivity index (χ4n) is 2.51. The van der Waals surface area contributed by atoms with Crippen LogP contribution in [0.4, 0.5) is 13.6 Å². The molecule has 1 aromatic rings. The molecule has 5 nitrogen and oxygen atoms in total. The number of hydrogen-bond donors (Lipinski definition) is 1. The Morgan fingerprint density at radius 1 is 1.43 bits per heavy atom. The maximum atomic E-state index is 14.1. The number of carbonyl (C=O) groups excluding carboxylic acids is 2. The number of amides is 2. The highest BCUT2D eigenvalue weighted by Crippen LogP contribution is 2.33. The summed E-state index contributed by atoms with van der Waals surface area (Å²) >= 11 is 0. The average molecular weight is 322 g/mol. The van der Waals surface area contributed by atoms with Gasteiger partial charge in [-0.15, -0.1) is 6.58 Å². The van der Waals surface area contributed by atoms with Crippen LogP contribution in [0.25, 0.3) is 0 Å². The number of nitrogens with one attached hydrogen (secondary N) is 1. The van der Waals surface area contributed by atoms with E-state index in [4.69, 9.17) is 4.74 Å². The summed E-state index contributed by atoms with van der Waals surface area (Å²) in [5.41, 5.74) is -0.176. The van der Waals surface area contributed by atoms with Crippen molar-refractivity contribution >= 4 is 12.0 Å². The summed E-state index contributed by atoms with van der Waals surface area (Å²) in [4.78, 5) is 25.5. The molecule has 0 aliphatic carbocycles. The number of methoxy groups -OCH3 is 1. The van der Waals surface area contributed by atoms with Gasteiger partial charge in [-0.05, 0) is 19.1 Å². The minimum Gasteiger partial charge on any atom is -0.466 e. The Bertz CT molecular complexity index is 680. The maximum absolute atomic E-state index is 14.1. The van der Waals surface area contributed by atoms with E-state index in [2.05, 4.69) is 11.9 Å². The minimum atomic E-state index is -1.27. The standard InChI is InChI=1S/C16H16F2N2O3/c1-4-8-20-9(2)12(15(21)23-3)14(19-16(20)22)13-10(17)6-5-7-11(13)18/h4-7,14H,1,8H2,2-3H3,(H,19,22). The first-order chi connectivity index (χ1) is 10.9. The molecule has 0 bridgehead atoms. The molecule has 2 amide bonds. The second-order valence-corrected chi connectivity index (χ2v) is 4.91. The first-order valence-corrected chi connectivity index (χ1v) is 6.84. The Morgan fingerprint density at radius 3 is 2.57 bits per heavy atom. The lowest BCUT2D eigenvalue weighted by molar-refractivity contribution is -0.136. The van der Waals surface area contributed by atoms with E-state index in [1.807, 2.05) is 0 Å². The zero-order valence-corrected chi connectivity index (χ0v) is 12.7. The number of hydrogen-bond acceptors (Lipinski definition) is 3. The predicted molar refractivity (Wildman–Crippen MR) is 79.2 cm³/mol. The molecule has 7 heteroatoms. The first kappa shape index (κ1) is 16.7. The highest BCUT2D eigenvalue weighted by atomic mass is 19.1. The van der Waals surface area contributed by atoms with Crippen LogP contribution >= 0.6 is 0 Å². The summed E-state index contributed by atoms with van der Waals surface area (Å²) in [6, 6.07) is 1.48. The predicted octanol–water partition coefficient (Wildman–Crippen LogP) is 2.66. The molecule has 0 saturated heterocycles. The fraction of sp³-hybridized carbons (Fsp3) is 0.250. The number of halogens is 2. The third-order valence-electron chi connectivity index (χ3n) is 3.60. The van der Waals surface area contributed by atoms with Crippen LogP contribution in [0, 0.1) is 11.6 Å². The van der Waals surface area contributed by atoms with Crippen molar-refractivity contribution in [2.75, 3.05) is 13.7 Å². The summed E-state index contributed by atoms with van der Waals surface area (Å²) in [7, 11) is 1.16. The van der Waals surface area contributed by atoms with Gasteiger partial charge >= 0.3 is 12.0 Å². The monoisotopic (exact) mass is 322 g/mol. The van der Waals surface area contributed by atoms with Gasteiger partial charge < -0.3 is 10.1 Å². The molecule has 1 aliphatic heterocycles. The van der Waals surface area contributed by atoms with Gasteiger partial charge in [0.1, 0.15) is 11.6 Å². The SMILES string of the molecule is C=CCN1C(=O)NC(c2c(F)cccc2F)C(C(=O)OC)=C1C. The molecule has 1 heterocycles. The highest BCUT2D eigenvalue weighted by Gasteiger charge is 2.38. The highest BCUT2D eigenvalue weighted by molar-refractivity contribution is 5.95. The van der Waals surface area contributed by atoms with Crippen molar-refractivity contribution in [3.8, 4) is 0 Å². The Kier molecular flexibility index (Phi) is 4.78. The van der Waals surface area contributed by atoms with Crippen molar-refractivity contribution in [3.63, 3.8) is 0 Å². The topological polar surface area (TPSA) is 58.6 Å². The molecule has 23 heavy (non-hydrogen) atoms. The van der Waals surface area contributed by atoms with Crippen LogP contribution in [0.1, 0.15) is 18.5 Å². The van der Waals surface area contributed by atoms with E-state index in [-0.39, 0.29) is 17.8 Å². The van der Waals surface area contributed by atoms with E-state index in [0.29, 0.717) is 0 Å². The van der Waals surface area contributed by atoms with Crippen molar-refractivity contribution in [3.05, 3.63) is 59.3 Å². The summed E-state index contributed by atoms with van der Waals surface area (Å²) < 4.78 is 32.9. The number of urea groups is 1. The van der Waals surface area contributed by atoms with Gasteiger partial charge in [-0.25, -0.2) is 18.4 Å². The minimum absolute atomic E-state index is 0.0297. The van der Waals surface area contributed by atoms with E-state index in [9.17, 15) is 18.4 Å². The van der Waals surface area contributed by atoms with Gasteiger partial charge in [0.25, 0.3) is 0 Å². The second kappa shape index (κ2) is 6.60. The third kappa shape index (κ3) is 2.94. The van der Waals surface area contributed by atoms with Gasteiger partial charge in [-0.2, -0.15) is 0 Å². The molecule has 0 fully saturated rings. The smallest absolute Gasteiger partial charge is 0.337 e. The molecule has 1 unspecified atom stereocenters. The summed E-state index contributed by atoms with van der Waals surface area (Å²) in [5.74, 6) is -2.49. The summed E-state index contributed by atoms with van der Waals surface area (Å²) in [6.07, 6.45) is 1.47. The number of esters is 1. The van der Waals surface area contributed by atoms with Crippen LogP contribution in [-0.4, -0.2) is 30.6 Å². The van der Waals surface area contributed by atoms with Crippen molar-refractivity contribution in [2.45, 2.75) is 13.0 Å². The first-order valence-electron chi connectivity index (χ1n) is 6.84. The fourth-order valence-corrected chi connectivity index (χ4v) is 2.51. The molecular formula is C16H16F2N2O3. The zero-order valence-electron chi connectivity index (χ0n) is 12.7. The van der Waals surface area contributed by atoms with Crippen molar-refractivity contribution in [1.82, 2.24) is 10.2 Å². The Labute approximate surface area is 132 Å². The lowest BCUT2D eigenvalue weighted by atomic mass is 9.94. The van der Waals surface area contributed by atoms with E-state index in [1.165, 1.54) is 24.0 Å². The zero-order chi connectivity index (χ0) is 17.1. The van der Waals surface area contributed by atoms with Gasteiger partial charge in [-0.3, -0.25) is 4.90 Å². The van der Waals surface area contributed by atoms with Gasteiger partial charge in [0, 0.05) is 12.2 Å². The molecule has 0 radical (unpaired) electrons. The molecule has 1 aliphatic rings. The number of allylic oxidation sites excluding steroid dienone is 1. The van der Waals surface area contributed by atoms with E-state index in [1.54, 1.807) is 0 Å². The van der Waals surface area contributed by atoms with Crippen LogP contribution in [0.3, 0.4) is 0 Å². The number of rotatable bonds is 4. The Morgan fingerprint density at radius 2 is 2.04 bits per heavy atom. The van der Waals surface area contributed by atoms with E-state index < -0.39 is 35.2 Å². The van der Waals surface area contributed by atoms with Crippen LogP contribution < -0.4 is 5.32 Å². The normalized spacial score (nSPS) is 17.8. The average Bonchev–Trinajstić information content (AvgIpc) is 2.50. The molecule has 0 spiro atoms. The lowest BCUT2D eigenvalue weighted by Crippen LogP contribution is -2.48. The number of carbonyl (C=O) groups is 2. The van der Waals surface area contributed by atoms with Gasteiger partial charge in [0.15, 0.2) is 0 Å². The molecule has 1 aromatic carbocycles. The molecule has 1 atom stereocenters. The molecule has 122 valence electrons.